The molecule has 560 valence electrons. The molecule has 19 heteroatoms. The molecule has 0 spiro atoms. The summed E-state index contributed by atoms with van der Waals surface area (Å²) in [5.41, 5.74) is 0. The van der Waals surface area contributed by atoms with Crippen molar-refractivity contribution in [3.63, 3.8) is 0 Å². The normalized spacial score (nSPS) is 14.3. The van der Waals surface area contributed by atoms with Crippen LogP contribution in [0.25, 0.3) is 0 Å². The molecule has 0 aromatic heterocycles. The highest BCUT2D eigenvalue weighted by molar-refractivity contribution is 7.47. The maximum absolute atomic E-state index is 13.1. The summed E-state index contributed by atoms with van der Waals surface area (Å²) in [6.07, 6.45) is 67.8. The zero-order valence-electron chi connectivity index (χ0n) is 61.1. The molecular formula is C77H140O17P2. The van der Waals surface area contributed by atoms with Crippen molar-refractivity contribution in [3.05, 3.63) is 60.8 Å². The molecule has 0 aromatic carbocycles. The molecule has 0 aliphatic carbocycles. The van der Waals surface area contributed by atoms with E-state index < -0.39 is 97.5 Å². The molecule has 0 saturated heterocycles. The first kappa shape index (κ1) is 92.8. The third-order valence-corrected chi connectivity index (χ3v) is 18.4. The summed E-state index contributed by atoms with van der Waals surface area (Å²) in [6, 6.07) is 0. The van der Waals surface area contributed by atoms with E-state index in [1.165, 1.54) is 109 Å². The van der Waals surface area contributed by atoms with Gasteiger partial charge in [0.15, 0.2) is 12.2 Å². The van der Waals surface area contributed by atoms with Gasteiger partial charge < -0.3 is 33.8 Å². The molecule has 17 nitrogen and oxygen atoms in total. The topological polar surface area (TPSA) is 237 Å². The van der Waals surface area contributed by atoms with Gasteiger partial charge in [-0.2, -0.15) is 0 Å². The average molecular weight is 1400 g/mol. The fourth-order valence-corrected chi connectivity index (χ4v) is 12.2. The van der Waals surface area contributed by atoms with Crippen LogP contribution >= 0.6 is 15.6 Å². The van der Waals surface area contributed by atoms with Gasteiger partial charge in [-0.3, -0.25) is 37.3 Å². The summed E-state index contributed by atoms with van der Waals surface area (Å²) in [5, 5.41) is 10.6. The van der Waals surface area contributed by atoms with E-state index in [4.69, 9.17) is 37.0 Å². The predicted molar refractivity (Wildman–Crippen MR) is 390 cm³/mol. The second-order valence-corrected chi connectivity index (χ2v) is 28.8. The van der Waals surface area contributed by atoms with Gasteiger partial charge in [0.05, 0.1) is 26.4 Å². The summed E-state index contributed by atoms with van der Waals surface area (Å²) in [4.78, 5) is 72.8. The van der Waals surface area contributed by atoms with Crippen LogP contribution in [-0.2, 0) is 65.4 Å². The molecule has 0 aromatic rings. The molecule has 0 fully saturated rings. The van der Waals surface area contributed by atoms with Crippen molar-refractivity contribution >= 4 is 39.5 Å². The fourth-order valence-electron chi connectivity index (χ4n) is 10.6. The molecule has 5 unspecified atom stereocenters. The molecule has 0 rings (SSSR count). The number of carbonyl (C=O) groups is 4. The summed E-state index contributed by atoms with van der Waals surface area (Å²) in [5.74, 6) is -2.17. The fraction of sp³-hybridized carbons (Fsp3) is 0.818. The zero-order chi connectivity index (χ0) is 70.4. The number of esters is 4. The number of hydrogen-bond donors (Lipinski definition) is 3. The highest BCUT2D eigenvalue weighted by atomic mass is 31.2. The number of ether oxygens (including phenoxy) is 4. The van der Waals surface area contributed by atoms with E-state index in [1.54, 1.807) is 0 Å². The van der Waals surface area contributed by atoms with Crippen molar-refractivity contribution in [2.24, 2.45) is 0 Å². The van der Waals surface area contributed by atoms with Crippen LogP contribution in [0.4, 0.5) is 0 Å². The number of phosphoric acid groups is 2. The molecule has 0 bridgehead atoms. The summed E-state index contributed by atoms with van der Waals surface area (Å²) < 4.78 is 68.5. The van der Waals surface area contributed by atoms with E-state index in [-0.39, 0.29) is 25.7 Å². The Labute approximate surface area is 584 Å². The molecule has 0 amide bonds. The highest BCUT2D eigenvalue weighted by Gasteiger charge is 2.30. The largest absolute Gasteiger partial charge is 0.472 e. The van der Waals surface area contributed by atoms with E-state index >= 15 is 0 Å². The molecule has 0 aliphatic heterocycles. The van der Waals surface area contributed by atoms with Crippen LogP contribution in [-0.4, -0.2) is 96.7 Å². The Morgan fingerprint density at radius 2 is 0.542 bits per heavy atom. The van der Waals surface area contributed by atoms with Crippen molar-refractivity contribution in [3.8, 4) is 0 Å². The predicted octanol–water partition coefficient (Wildman–Crippen LogP) is 21.9. The number of rotatable bonds is 73. The smallest absolute Gasteiger partial charge is 0.462 e. The average Bonchev–Trinajstić information content (AvgIpc) is 1.13. The van der Waals surface area contributed by atoms with Gasteiger partial charge in [-0.05, 0) is 89.9 Å². The molecule has 0 radical (unpaired) electrons. The van der Waals surface area contributed by atoms with Gasteiger partial charge in [-0.15, -0.1) is 0 Å². The monoisotopic (exact) mass is 1400 g/mol. The Morgan fingerprint density at radius 1 is 0.302 bits per heavy atom. The summed E-state index contributed by atoms with van der Waals surface area (Å²) in [6.45, 7) is 4.76. The molecule has 3 N–H and O–H groups in total. The first-order chi connectivity index (χ1) is 46.7. The first-order valence-electron chi connectivity index (χ1n) is 38.5. The standard InChI is InChI=1S/C77H140O17P2/c1-5-9-13-17-21-25-29-32-34-35-37-40-43-46-50-54-58-62-75(80)87-67-72(93-76(81)63-59-55-51-47-41-28-24-20-16-12-8-4)69-91-95(83,84)89-65-71(78)66-90-96(85,86)92-70-73(94-77(82)64-60-56-52-48-44-38-31-27-23-19-15-11-7-3)68-88-74(79)61-57-53-49-45-42-39-36-33-30-26-22-18-14-10-6-2/h9,13,21-22,25-26,32-34,36,71-73,78H,5-8,10-12,14-20,23-24,27-31,35,37-70H2,1-4H3,(H,83,84)(H,85,86)/b13-9-,25-21-,26-22-,34-32-,36-33-. The van der Waals surface area contributed by atoms with E-state index in [0.29, 0.717) is 25.7 Å². The third-order valence-electron chi connectivity index (χ3n) is 16.5. The van der Waals surface area contributed by atoms with Gasteiger partial charge in [-0.1, -0.05) is 294 Å². The minimum Gasteiger partial charge on any atom is -0.462 e. The highest BCUT2D eigenvalue weighted by Crippen LogP contribution is 2.45. The summed E-state index contributed by atoms with van der Waals surface area (Å²) >= 11 is 0. The second-order valence-electron chi connectivity index (χ2n) is 25.9. The van der Waals surface area contributed by atoms with Crippen molar-refractivity contribution in [2.75, 3.05) is 39.6 Å². The Kier molecular flexibility index (Phi) is 67.8. The maximum Gasteiger partial charge on any atom is 0.472 e. The Bertz CT molecular complexity index is 2060. The van der Waals surface area contributed by atoms with E-state index in [1.807, 2.05) is 0 Å². The number of phosphoric ester groups is 2. The Hall–Kier alpha value is -3.24. The molecule has 0 heterocycles. The number of allylic oxidation sites excluding steroid dienone is 10. The van der Waals surface area contributed by atoms with Crippen LogP contribution < -0.4 is 0 Å². The minimum atomic E-state index is -4.97. The first-order valence-corrected chi connectivity index (χ1v) is 41.5. The third kappa shape index (κ3) is 69.2. The lowest BCUT2D eigenvalue weighted by molar-refractivity contribution is -0.161. The molecular weight excluding hydrogens is 1260 g/mol. The van der Waals surface area contributed by atoms with Crippen LogP contribution in [0.3, 0.4) is 0 Å². The molecule has 96 heavy (non-hydrogen) atoms. The number of unbranched alkanes of at least 4 members (excludes halogenated alkanes) is 37. The van der Waals surface area contributed by atoms with Gasteiger partial charge >= 0.3 is 39.5 Å². The summed E-state index contributed by atoms with van der Waals surface area (Å²) in [7, 11) is -9.93. The second kappa shape index (κ2) is 70.2. The number of aliphatic hydroxyl groups excluding tert-OH is 1. The number of carbonyl (C=O) groups excluding carboxylic acids is 4. The van der Waals surface area contributed by atoms with E-state index in [9.17, 15) is 43.2 Å². The van der Waals surface area contributed by atoms with Crippen LogP contribution in [0.2, 0.25) is 0 Å². The molecule has 5 atom stereocenters. The number of hydrogen-bond acceptors (Lipinski definition) is 15. The van der Waals surface area contributed by atoms with E-state index in [2.05, 4.69) is 88.5 Å². The maximum atomic E-state index is 13.1. The van der Waals surface area contributed by atoms with Crippen LogP contribution in [0.15, 0.2) is 60.8 Å². The van der Waals surface area contributed by atoms with Crippen LogP contribution in [0.5, 0.6) is 0 Å². The number of aliphatic hydroxyl groups is 1. The zero-order valence-corrected chi connectivity index (χ0v) is 62.8. The molecule has 0 saturated carbocycles. The van der Waals surface area contributed by atoms with Gasteiger partial charge in [0.2, 0.25) is 0 Å². The lowest BCUT2D eigenvalue weighted by atomic mass is 10.0. The van der Waals surface area contributed by atoms with Crippen LogP contribution in [0, 0.1) is 0 Å². The Balaban J connectivity index is 5.29. The Morgan fingerprint density at radius 3 is 0.854 bits per heavy atom. The van der Waals surface area contributed by atoms with Gasteiger partial charge in [-0.25, -0.2) is 9.13 Å². The van der Waals surface area contributed by atoms with Crippen LogP contribution in [0.1, 0.15) is 349 Å². The van der Waals surface area contributed by atoms with Gasteiger partial charge in [0.25, 0.3) is 0 Å². The van der Waals surface area contributed by atoms with Crippen molar-refractivity contribution in [1.82, 2.24) is 0 Å². The van der Waals surface area contributed by atoms with Crippen molar-refractivity contribution < 1.29 is 80.2 Å². The van der Waals surface area contributed by atoms with Gasteiger partial charge in [0.1, 0.15) is 19.3 Å². The van der Waals surface area contributed by atoms with Gasteiger partial charge in [0, 0.05) is 25.7 Å². The molecule has 0 aliphatic rings. The van der Waals surface area contributed by atoms with E-state index in [0.717, 1.165) is 161 Å². The lowest BCUT2D eigenvalue weighted by Gasteiger charge is -2.21. The quantitative estimate of drug-likeness (QED) is 0.0169. The minimum absolute atomic E-state index is 0.0983. The lowest BCUT2D eigenvalue weighted by Crippen LogP contribution is -2.30. The van der Waals surface area contributed by atoms with Crippen molar-refractivity contribution in [1.29, 1.82) is 0 Å². The SMILES string of the molecule is CC/C=C\C/C=C\C/C=C\CCCCCCCCCC(=O)OCC(COP(=O)(O)OCC(O)COP(=O)(O)OCC(COC(=O)CCCCCCC/C=C\C/C=C\CCCCC)OC(=O)CCCCCCCCCCCCCCC)OC(=O)CCCCCCCCCCCCC. The van der Waals surface area contributed by atoms with Crippen molar-refractivity contribution in [2.45, 2.75) is 367 Å².